The second kappa shape index (κ2) is 7.11. The molecule has 0 saturated heterocycles. The van der Waals surface area contributed by atoms with Crippen LogP contribution in [0.3, 0.4) is 0 Å². The van der Waals surface area contributed by atoms with Gasteiger partial charge in [0.1, 0.15) is 0 Å². The van der Waals surface area contributed by atoms with Crippen LogP contribution < -0.4 is 15.8 Å². The van der Waals surface area contributed by atoms with Crippen LogP contribution in [0.4, 0.5) is 11.4 Å². The molecule has 0 spiro atoms. The van der Waals surface area contributed by atoms with Crippen LogP contribution in [-0.2, 0) is 19.6 Å². The van der Waals surface area contributed by atoms with Gasteiger partial charge in [0.05, 0.1) is 29.3 Å². The molecule has 112 valence electrons. The summed E-state index contributed by atoms with van der Waals surface area (Å²) in [6, 6.07) is 4.36. The Balaban J connectivity index is 2.68. The lowest BCUT2D eigenvalue weighted by Crippen LogP contribution is -2.19. The number of hydrogen-bond acceptors (Lipinski definition) is 6. The molecule has 0 aliphatic heterocycles. The monoisotopic (exact) mass is 301 g/mol. The SMILES string of the molecule is CCOC(=O)CCNc1ccc(S(=O)(=O)NC)cc1N. The molecular weight excluding hydrogens is 282 g/mol. The van der Waals surface area contributed by atoms with Gasteiger partial charge in [0, 0.05) is 6.54 Å². The van der Waals surface area contributed by atoms with Crippen LogP contribution in [0.2, 0.25) is 0 Å². The number of sulfonamides is 1. The first-order valence-electron chi connectivity index (χ1n) is 6.13. The van der Waals surface area contributed by atoms with Crippen molar-refractivity contribution in [3.8, 4) is 0 Å². The molecular formula is C12H19N3O4S. The van der Waals surface area contributed by atoms with Gasteiger partial charge < -0.3 is 15.8 Å². The van der Waals surface area contributed by atoms with Crippen molar-refractivity contribution in [2.75, 3.05) is 31.2 Å². The molecule has 7 nitrogen and oxygen atoms in total. The molecule has 0 bridgehead atoms. The summed E-state index contributed by atoms with van der Waals surface area (Å²) in [7, 11) is -2.18. The molecule has 0 fully saturated rings. The highest BCUT2D eigenvalue weighted by molar-refractivity contribution is 7.89. The molecule has 1 aromatic carbocycles. The van der Waals surface area contributed by atoms with E-state index in [2.05, 4.69) is 10.0 Å². The Morgan fingerprint density at radius 2 is 2.10 bits per heavy atom. The van der Waals surface area contributed by atoms with Crippen LogP contribution in [0, 0.1) is 0 Å². The molecule has 20 heavy (non-hydrogen) atoms. The molecule has 4 N–H and O–H groups in total. The second-order valence-corrected chi connectivity index (χ2v) is 5.82. The molecule has 0 atom stereocenters. The molecule has 0 amide bonds. The van der Waals surface area contributed by atoms with Crippen LogP contribution in [-0.4, -0.2) is 34.6 Å². The van der Waals surface area contributed by atoms with Crippen LogP contribution in [0.5, 0.6) is 0 Å². The quantitative estimate of drug-likeness (QED) is 0.501. The molecule has 0 aliphatic carbocycles. The van der Waals surface area contributed by atoms with Crippen molar-refractivity contribution in [2.45, 2.75) is 18.2 Å². The number of anilines is 2. The minimum absolute atomic E-state index is 0.0912. The third kappa shape index (κ3) is 4.39. The fraction of sp³-hybridized carbons (Fsp3) is 0.417. The number of nitrogen functional groups attached to an aromatic ring is 1. The third-order valence-electron chi connectivity index (χ3n) is 2.55. The minimum Gasteiger partial charge on any atom is -0.466 e. The highest BCUT2D eigenvalue weighted by Crippen LogP contribution is 2.22. The van der Waals surface area contributed by atoms with E-state index in [-0.39, 0.29) is 17.3 Å². The number of nitrogens with two attached hydrogens (primary N) is 1. The number of carbonyl (C=O) groups excluding carboxylic acids is 1. The van der Waals surface area contributed by atoms with Crippen LogP contribution >= 0.6 is 0 Å². The summed E-state index contributed by atoms with van der Waals surface area (Å²) in [5.74, 6) is -0.298. The van der Waals surface area contributed by atoms with Crippen LogP contribution in [0.25, 0.3) is 0 Å². The lowest BCUT2D eigenvalue weighted by molar-refractivity contribution is -0.142. The van der Waals surface area contributed by atoms with E-state index in [1.807, 2.05) is 0 Å². The zero-order chi connectivity index (χ0) is 15.2. The predicted octanol–water partition coefficient (Wildman–Crippen LogP) is 0.542. The van der Waals surface area contributed by atoms with Crippen molar-refractivity contribution in [1.82, 2.24) is 4.72 Å². The molecule has 8 heteroatoms. The van der Waals surface area contributed by atoms with Gasteiger partial charge in [-0.15, -0.1) is 0 Å². The number of esters is 1. The van der Waals surface area contributed by atoms with Gasteiger partial charge in [-0.1, -0.05) is 0 Å². The minimum atomic E-state index is -3.51. The predicted molar refractivity (Wildman–Crippen MR) is 76.8 cm³/mol. The maximum atomic E-state index is 11.6. The smallest absolute Gasteiger partial charge is 0.307 e. The molecule has 0 saturated carbocycles. The van der Waals surface area contributed by atoms with Crippen molar-refractivity contribution in [3.63, 3.8) is 0 Å². The molecule has 0 radical (unpaired) electrons. The molecule has 0 aliphatic rings. The van der Waals surface area contributed by atoms with Gasteiger partial charge in [0.15, 0.2) is 0 Å². The van der Waals surface area contributed by atoms with Crippen LogP contribution in [0.1, 0.15) is 13.3 Å². The van der Waals surface area contributed by atoms with E-state index >= 15 is 0 Å². The van der Waals surface area contributed by atoms with Crippen molar-refractivity contribution >= 4 is 27.4 Å². The van der Waals surface area contributed by atoms with Gasteiger partial charge in [-0.25, -0.2) is 13.1 Å². The Bertz CT molecular complexity index is 572. The fourth-order valence-electron chi connectivity index (χ4n) is 1.52. The zero-order valence-electron chi connectivity index (χ0n) is 11.5. The maximum absolute atomic E-state index is 11.6. The highest BCUT2D eigenvalue weighted by Gasteiger charge is 2.12. The largest absolute Gasteiger partial charge is 0.466 e. The lowest BCUT2D eigenvalue weighted by Gasteiger charge is -2.10. The Labute approximate surface area is 118 Å². The highest BCUT2D eigenvalue weighted by atomic mass is 32.2. The Morgan fingerprint density at radius 3 is 2.65 bits per heavy atom. The zero-order valence-corrected chi connectivity index (χ0v) is 12.3. The number of benzene rings is 1. The van der Waals surface area contributed by atoms with E-state index in [9.17, 15) is 13.2 Å². The molecule has 1 aromatic rings. The van der Waals surface area contributed by atoms with Gasteiger partial charge >= 0.3 is 5.97 Å². The normalized spacial score (nSPS) is 11.1. The number of rotatable bonds is 7. The van der Waals surface area contributed by atoms with E-state index < -0.39 is 10.0 Å². The average molecular weight is 301 g/mol. The summed E-state index contributed by atoms with van der Waals surface area (Å²) in [6.45, 7) is 2.45. The van der Waals surface area contributed by atoms with Gasteiger partial charge in [0.2, 0.25) is 10.0 Å². The first-order valence-corrected chi connectivity index (χ1v) is 7.61. The first-order chi connectivity index (χ1) is 9.40. The van der Waals surface area contributed by atoms with Crippen molar-refractivity contribution in [1.29, 1.82) is 0 Å². The van der Waals surface area contributed by atoms with Crippen molar-refractivity contribution < 1.29 is 17.9 Å². The van der Waals surface area contributed by atoms with Gasteiger partial charge in [0.25, 0.3) is 0 Å². The molecule has 0 aromatic heterocycles. The second-order valence-electron chi connectivity index (χ2n) is 3.94. The molecule has 0 unspecified atom stereocenters. The van der Waals surface area contributed by atoms with E-state index in [0.29, 0.717) is 24.5 Å². The molecule has 1 rings (SSSR count). The van der Waals surface area contributed by atoms with E-state index in [1.165, 1.54) is 19.2 Å². The van der Waals surface area contributed by atoms with E-state index in [1.54, 1.807) is 13.0 Å². The number of nitrogens with one attached hydrogen (secondary N) is 2. The van der Waals surface area contributed by atoms with Gasteiger partial charge in [-0.2, -0.15) is 0 Å². The standard InChI is InChI=1S/C12H19N3O4S/c1-3-19-12(16)6-7-15-11-5-4-9(8-10(11)13)20(17,18)14-2/h4-5,8,14-15H,3,6-7,13H2,1-2H3. The van der Waals surface area contributed by atoms with Crippen molar-refractivity contribution in [3.05, 3.63) is 18.2 Å². The summed E-state index contributed by atoms with van der Waals surface area (Å²) in [5.41, 5.74) is 6.65. The maximum Gasteiger partial charge on any atom is 0.307 e. The molecule has 0 heterocycles. The summed E-state index contributed by atoms with van der Waals surface area (Å²) in [5, 5.41) is 2.96. The summed E-state index contributed by atoms with van der Waals surface area (Å²) >= 11 is 0. The number of hydrogen-bond donors (Lipinski definition) is 3. The summed E-state index contributed by atoms with van der Waals surface area (Å²) < 4.78 is 30.2. The van der Waals surface area contributed by atoms with E-state index in [4.69, 9.17) is 10.5 Å². The van der Waals surface area contributed by atoms with Gasteiger partial charge in [-0.3, -0.25) is 4.79 Å². The summed E-state index contributed by atoms with van der Waals surface area (Å²) in [6.07, 6.45) is 0.212. The fourth-order valence-corrected chi connectivity index (χ4v) is 2.28. The number of ether oxygens (including phenoxy) is 1. The Morgan fingerprint density at radius 1 is 1.40 bits per heavy atom. The average Bonchev–Trinajstić information content (AvgIpc) is 2.40. The van der Waals surface area contributed by atoms with Gasteiger partial charge in [-0.05, 0) is 32.2 Å². The van der Waals surface area contributed by atoms with Crippen LogP contribution in [0.15, 0.2) is 23.1 Å². The third-order valence-corrected chi connectivity index (χ3v) is 3.96. The number of carbonyl (C=O) groups is 1. The van der Waals surface area contributed by atoms with E-state index in [0.717, 1.165) is 0 Å². The topological polar surface area (TPSA) is 111 Å². The first kappa shape index (κ1) is 16.3. The summed E-state index contributed by atoms with van der Waals surface area (Å²) in [4.78, 5) is 11.3. The lowest BCUT2D eigenvalue weighted by atomic mass is 10.2. The van der Waals surface area contributed by atoms with Crippen molar-refractivity contribution in [2.24, 2.45) is 0 Å². The Kier molecular flexibility index (Phi) is 5.78. The Hall–Kier alpha value is -1.80.